The molecule has 172 valence electrons. The number of nitro benzene ring substituents is 1. The van der Waals surface area contributed by atoms with E-state index in [-0.39, 0.29) is 36.3 Å². The van der Waals surface area contributed by atoms with Crippen LogP contribution in [0.5, 0.6) is 0 Å². The molecule has 9 heteroatoms. The van der Waals surface area contributed by atoms with E-state index in [0.717, 1.165) is 11.3 Å². The number of nitrogens with one attached hydrogen (secondary N) is 1. The molecule has 3 amide bonds. The van der Waals surface area contributed by atoms with E-state index in [1.165, 1.54) is 17.0 Å². The van der Waals surface area contributed by atoms with Crippen molar-refractivity contribution < 1.29 is 14.5 Å². The highest BCUT2D eigenvalue weighted by molar-refractivity contribution is 5.85. The lowest BCUT2D eigenvalue weighted by Crippen LogP contribution is -2.54. The Morgan fingerprint density at radius 3 is 2.41 bits per heavy atom. The van der Waals surface area contributed by atoms with E-state index in [2.05, 4.69) is 9.88 Å². The van der Waals surface area contributed by atoms with Crippen LogP contribution < -0.4 is 5.32 Å². The van der Waals surface area contributed by atoms with E-state index in [4.69, 9.17) is 0 Å². The third kappa shape index (κ3) is 5.09. The molecule has 0 unspecified atom stereocenters. The number of carbonyl (C=O) groups excluding carboxylic acids is 2. The molecule has 2 heterocycles. The standard InChI is InChI=1S/C23H31N5O4/c1-16(2)27(22(30)24-23(3,4)5)15-20(29)26-14-13-25-12-6-7-19(25)21(26)17-8-10-18(11-9-17)28(31)32/h6-12,16,21H,13-15H2,1-5H3,(H,24,30)/t21-/m1/s1. The maximum absolute atomic E-state index is 13.5. The van der Waals surface area contributed by atoms with Crippen LogP contribution in [0.2, 0.25) is 0 Å². The van der Waals surface area contributed by atoms with Crippen LogP contribution in [-0.2, 0) is 11.3 Å². The second-order valence-corrected chi connectivity index (χ2v) is 9.37. The minimum atomic E-state index is -0.440. The summed E-state index contributed by atoms with van der Waals surface area (Å²) in [4.78, 5) is 40.2. The Hall–Kier alpha value is -3.36. The van der Waals surface area contributed by atoms with Crippen LogP contribution in [0.15, 0.2) is 42.6 Å². The Balaban J connectivity index is 1.89. The first-order valence-electron chi connectivity index (χ1n) is 10.8. The molecule has 0 bridgehead atoms. The number of amides is 3. The van der Waals surface area contributed by atoms with Crippen molar-refractivity contribution in [1.82, 2.24) is 19.7 Å². The number of non-ortho nitro benzene ring substituents is 1. The normalized spacial score (nSPS) is 15.9. The zero-order valence-corrected chi connectivity index (χ0v) is 19.2. The monoisotopic (exact) mass is 441 g/mol. The average Bonchev–Trinajstić information content (AvgIpc) is 3.18. The number of hydrogen-bond acceptors (Lipinski definition) is 4. The molecule has 0 spiro atoms. The molecule has 0 radical (unpaired) electrons. The van der Waals surface area contributed by atoms with Crippen molar-refractivity contribution in [3.8, 4) is 0 Å². The molecule has 9 nitrogen and oxygen atoms in total. The maximum atomic E-state index is 13.5. The van der Waals surface area contributed by atoms with Crippen LogP contribution in [0.25, 0.3) is 0 Å². The van der Waals surface area contributed by atoms with Gasteiger partial charge in [-0.05, 0) is 64.4 Å². The van der Waals surface area contributed by atoms with E-state index in [1.54, 1.807) is 17.0 Å². The van der Waals surface area contributed by atoms with Crippen LogP contribution in [0, 0.1) is 10.1 Å². The van der Waals surface area contributed by atoms with E-state index in [1.807, 2.05) is 52.9 Å². The second-order valence-electron chi connectivity index (χ2n) is 9.37. The van der Waals surface area contributed by atoms with Gasteiger partial charge in [-0.2, -0.15) is 0 Å². The van der Waals surface area contributed by atoms with Crippen LogP contribution in [-0.4, -0.2) is 55.9 Å². The molecular weight excluding hydrogens is 410 g/mol. The lowest BCUT2D eigenvalue weighted by atomic mass is 9.99. The minimum absolute atomic E-state index is 0.00246. The molecule has 1 aliphatic heterocycles. The molecule has 0 aliphatic carbocycles. The fraction of sp³-hybridized carbons (Fsp3) is 0.478. The smallest absolute Gasteiger partial charge is 0.318 e. The Kier molecular flexibility index (Phi) is 6.57. The summed E-state index contributed by atoms with van der Waals surface area (Å²) in [5, 5.41) is 14.0. The van der Waals surface area contributed by atoms with E-state index in [0.29, 0.717) is 13.1 Å². The van der Waals surface area contributed by atoms with Crippen molar-refractivity contribution >= 4 is 17.6 Å². The fourth-order valence-corrected chi connectivity index (χ4v) is 3.90. The van der Waals surface area contributed by atoms with Gasteiger partial charge in [0.2, 0.25) is 5.91 Å². The lowest BCUT2D eigenvalue weighted by Gasteiger charge is -2.39. The van der Waals surface area contributed by atoms with Gasteiger partial charge in [0.25, 0.3) is 5.69 Å². The molecule has 2 aromatic rings. The van der Waals surface area contributed by atoms with Crippen LogP contribution in [0.3, 0.4) is 0 Å². The van der Waals surface area contributed by atoms with Crippen molar-refractivity contribution in [2.45, 2.75) is 58.8 Å². The first kappa shape index (κ1) is 23.3. The predicted molar refractivity (Wildman–Crippen MR) is 121 cm³/mol. The summed E-state index contributed by atoms with van der Waals surface area (Å²) in [7, 11) is 0. The van der Waals surface area contributed by atoms with Crippen molar-refractivity contribution in [3.63, 3.8) is 0 Å². The average molecular weight is 442 g/mol. The molecule has 32 heavy (non-hydrogen) atoms. The SMILES string of the molecule is CC(C)N(CC(=O)N1CCn2cccc2[C@H]1c1ccc([N+](=O)[O-])cc1)C(=O)NC(C)(C)C. The molecule has 0 saturated carbocycles. The van der Waals surface area contributed by atoms with Gasteiger partial charge in [0.05, 0.1) is 11.0 Å². The van der Waals surface area contributed by atoms with Gasteiger partial charge in [0, 0.05) is 48.7 Å². The predicted octanol–water partition coefficient (Wildman–Crippen LogP) is 3.55. The number of urea groups is 1. The summed E-state index contributed by atoms with van der Waals surface area (Å²) in [5.41, 5.74) is 1.32. The van der Waals surface area contributed by atoms with Gasteiger partial charge in [-0.3, -0.25) is 14.9 Å². The molecule has 1 aromatic carbocycles. The van der Waals surface area contributed by atoms with Crippen LogP contribution in [0.1, 0.15) is 51.9 Å². The second kappa shape index (κ2) is 9.02. The molecule has 1 aliphatic rings. The van der Waals surface area contributed by atoms with Gasteiger partial charge in [0.1, 0.15) is 6.54 Å². The largest absolute Gasteiger partial charge is 0.348 e. The Morgan fingerprint density at radius 2 is 1.84 bits per heavy atom. The maximum Gasteiger partial charge on any atom is 0.318 e. The van der Waals surface area contributed by atoms with Gasteiger partial charge in [-0.15, -0.1) is 0 Å². The topological polar surface area (TPSA) is 101 Å². The van der Waals surface area contributed by atoms with Gasteiger partial charge in [0.15, 0.2) is 0 Å². The van der Waals surface area contributed by atoms with Crippen molar-refractivity contribution in [1.29, 1.82) is 0 Å². The van der Waals surface area contributed by atoms with E-state index < -0.39 is 10.5 Å². The van der Waals surface area contributed by atoms with Crippen molar-refractivity contribution in [3.05, 3.63) is 64.0 Å². The van der Waals surface area contributed by atoms with Gasteiger partial charge in [-0.1, -0.05) is 0 Å². The number of nitrogens with zero attached hydrogens (tertiary/aromatic N) is 4. The fourth-order valence-electron chi connectivity index (χ4n) is 3.90. The third-order valence-corrected chi connectivity index (χ3v) is 5.45. The van der Waals surface area contributed by atoms with E-state index in [9.17, 15) is 19.7 Å². The Bertz CT molecular complexity index is 991. The quantitative estimate of drug-likeness (QED) is 0.566. The number of rotatable bonds is 5. The highest BCUT2D eigenvalue weighted by Gasteiger charge is 2.34. The first-order chi connectivity index (χ1) is 15.0. The van der Waals surface area contributed by atoms with Gasteiger partial charge < -0.3 is 19.7 Å². The molecular formula is C23H31N5O4. The molecule has 1 aromatic heterocycles. The molecule has 3 rings (SSSR count). The summed E-state index contributed by atoms with van der Waals surface area (Å²) in [6.07, 6.45) is 1.97. The van der Waals surface area contributed by atoms with Crippen LogP contribution in [0.4, 0.5) is 10.5 Å². The summed E-state index contributed by atoms with van der Waals surface area (Å²) in [6.45, 7) is 10.5. The van der Waals surface area contributed by atoms with E-state index >= 15 is 0 Å². The lowest BCUT2D eigenvalue weighted by molar-refractivity contribution is -0.384. The minimum Gasteiger partial charge on any atom is -0.348 e. The Labute approximate surface area is 188 Å². The summed E-state index contributed by atoms with van der Waals surface area (Å²) < 4.78 is 2.09. The van der Waals surface area contributed by atoms with Crippen molar-refractivity contribution in [2.24, 2.45) is 0 Å². The summed E-state index contributed by atoms with van der Waals surface area (Å²) >= 11 is 0. The van der Waals surface area contributed by atoms with Crippen molar-refractivity contribution in [2.75, 3.05) is 13.1 Å². The third-order valence-electron chi connectivity index (χ3n) is 5.45. The zero-order valence-electron chi connectivity index (χ0n) is 19.2. The molecule has 0 fully saturated rings. The molecule has 1 N–H and O–H groups in total. The van der Waals surface area contributed by atoms with Gasteiger partial charge >= 0.3 is 6.03 Å². The summed E-state index contributed by atoms with van der Waals surface area (Å²) in [5.74, 6) is -0.168. The van der Waals surface area contributed by atoms with Crippen LogP contribution >= 0.6 is 0 Å². The number of nitro groups is 1. The number of fused-ring (bicyclic) bond motifs is 1. The number of carbonyl (C=O) groups is 2. The first-order valence-corrected chi connectivity index (χ1v) is 10.8. The number of hydrogen-bond donors (Lipinski definition) is 1. The highest BCUT2D eigenvalue weighted by atomic mass is 16.6. The Morgan fingerprint density at radius 1 is 1.19 bits per heavy atom. The number of aromatic nitrogens is 1. The summed E-state index contributed by atoms with van der Waals surface area (Å²) in [6, 6.07) is 9.36. The number of benzene rings is 1. The molecule has 1 atom stereocenters. The molecule has 0 saturated heterocycles. The van der Waals surface area contributed by atoms with Gasteiger partial charge in [-0.25, -0.2) is 4.79 Å². The highest BCUT2D eigenvalue weighted by Crippen LogP contribution is 2.33. The zero-order chi connectivity index (χ0) is 23.6.